The van der Waals surface area contributed by atoms with E-state index in [1.807, 2.05) is 6.07 Å². The third-order valence-electron chi connectivity index (χ3n) is 2.65. The van der Waals surface area contributed by atoms with Crippen LogP contribution in [0.2, 0.25) is 0 Å². The Hall–Kier alpha value is -1.42. The first-order chi connectivity index (χ1) is 8.25. The van der Waals surface area contributed by atoms with Gasteiger partial charge < -0.3 is 10.1 Å². The van der Waals surface area contributed by atoms with Crippen molar-refractivity contribution < 1.29 is 13.9 Å². The SMILES string of the molecule is O=C(OCCNCc1cccc(F)c1)C1CC1. The maximum Gasteiger partial charge on any atom is 0.308 e. The Morgan fingerprint density at radius 1 is 1.47 bits per heavy atom. The smallest absolute Gasteiger partial charge is 0.308 e. The third kappa shape index (κ3) is 4.15. The second-order valence-electron chi connectivity index (χ2n) is 4.25. The Bertz CT molecular complexity index is 391. The van der Waals surface area contributed by atoms with Crippen molar-refractivity contribution in [2.45, 2.75) is 19.4 Å². The molecule has 4 heteroatoms. The van der Waals surface area contributed by atoms with E-state index >= 15 is 0 Å². The molecule has 1 aromatic carbocycles. The molecule has 92 valence electrons. The minimum Gasteiger partial charge on any atom is -0.464 e. The molecular formula is C13H16FNO2. The van der Waals surface area contributed by atoms with Crippen molar-refractivity contribution in [1.29, 1.82) is 0 Å². The van der Waals surface area contributed by atoms with E-state index in [0.717, 1.165) is 18.4 Å². The Labute approximate surface area is 100.0 Å². The molecular weight excluding hydrogens is 221 g/mol. The Balaban J connectivity index is 1.58. The molecule has 0 unspecified atom stereocenters. The van der Waals surface area contributed by atoms with Gasteiger partial charge in [-0.2, -0.15) is 0 Å². The zero-order chi connectivity index (χ0) is 12.1. The summed E-state index contributed by atoms with van der Waals surface area (Å²) in [5.41, 5.74) is 0.888. The summed E-state index contributed by atoms with van der Waals surface area (Å²) in [6, 6.07) is 6.44. The highest BCUT2D eigenvalue weighted by Crippen LogP contribution is 2.29. The lowest BCUT2D eigenvalue weighted by atomic mass is 10.2. The minimum absolute atomic E-state index is 0.0856. The monoisotopic (exact) mass is 237 g/mol. The normalized spacial score (nSPS) is 14.6. The number of rotatable bonds is 6. The van der Waals surface area contributed by atoms with Crippen LogP contribution in [0.15, 0.2) is 24.3 Å². The molecule has 1 aliphatic carbocycles. The minimum atomic E-state index is -0.232. The molecule has 1 fully saturated rings. The highest BCUT2D eigenvalue weighted by atomic mass is 19.1. The molecule has 1 N–H and O–H groups in total. The summed E-state index contributed by atoms with van der Waals surface area (Å²) >= 11 is 0. The van der Waals surface area contributed by atoms with Gasteiger partial charge in [-0.3, -0.25) is 4.79 Å². The molecule has 0 bridgehead atoms. The van der Waals surface area contributed by atoms with E-state index in [4.69, 9.17) is 4.74 Å². The number of hydrogen-bond acceptors (Lipinski definition) is 3. The Morgan fingerprint density at radius 2 is 2.29 bits per heavy atom. The van der Waals surface area contributed by atoms with E-state index in [1.165, 1.54) is 12.1 Å². The number of carbonyl (C=O) groups is 1. The third-order valence-corrected chi connectivity index (χ3v) is 2.65. The molecule has 17 heavy (non-hydrogen) atoms. The fourth-order valence-corrected chi connectivity index (χ4v) is 1.54. The van der Waals surface area contributed by atoms with E-state index < -0.39 is 0 Å². The largest absolute Gasteiger partial charge is 0.464 e. The van der Waals surface area contributed by atoms with Crippen LogP contribution in [0.25, 0.3) is 0 Å². The van der Waals surface area contributed by atoms with Gasteiger partial charge >= 0.3 is 5.97 Å². The molecule has 0 spiro atoms. The molecule has 0 aliphatic heterocycles. The van der Waals surface area contributed by atoms with Crippen molar-refractivity contribution in [2.75, 3.05) is 13.2 Å². The predicted molar refractivity (Wildman–Crippen MR) is 61.8 cm³/mol. The Kier molecular flexibility index (Phi) is 4.09. The van der Waals surface area contributed by atoms with Gasteiger partial charge in [0.15, 0.2) is 0 Å². The maximum atomic E-state index is 12.8. The van der Waals surface area contributed by atoms with Crippen LogP contribution in [0.1, 0.15) is 18.4 Å². The predicted octanol–water partition coefficient (Wildman–Crippen LogP) is 1.87. The quantitative estimate of drug-likeness (QED) is 0.606. The average molecular weight is 237 g/mol. The van der Waals surface area contributed by atoms with E-state index in [2.05, 4.69) is 5.32 Å². The van der Waals surface area contributed by atoms with Gasteiger partial charge in [0.05, 0.1) is 5.92 Å². The molecule has 0 aromatic heterocycles. The van der Waals surface area contributed by atoms with Gasteiger partial charge in [0.25, 0.3) is 0 Å². The summed E-state index contributed by atoms with van der Waals surface area (Å²) in [6.07, 6.45) is 1.94. The molecule has 0 atom stereocenters. The van der Waals surface area contributed by atoms with Gasteiger partial charge in [-0.15, -0.1) is 0 Å². The highest BCUT2D eigenvalue weighted by molar-refractivity contribution is 5.74. The van der Waals surface area contributed by atoms with Crippen molar-refractivity contribution >= 4 is 5.97 Å². The van der Waals surface area contributed by atoms with Gasteiger partial charge in [0.2, 0.25) is 0 Å². The fraction of sp³-hybridized carbons (Fsp3) is 0.462. The number of halogens is 1. The van der Waals surface area contributed by atoms with Crippen LogP contribution >= 0.6 is 0 Å². The van der Waals surface area contributed by atoms with Gasteiger partial charge in [0.1, 0.15) is 12.4 Å². The first-order valence-electron chi connectivity index (χ1n) is 5.87. The lowest BCUT2D eigenvalue weighted by Crippen LogP contribution is -2.21. The number of benzene rings is 1. The summed E-state index contributed by atoms with van der Waals surface area (Å²) in [7, 11) is 0. The molecule has 3 nitrogen and oxygen atoms in total. The van der Waals surface area contributed by atoms with Crippen molar-refractivity contribution in [3.8, 4) is 0 Å². The number of ether oxygens (including phenoxy) is 1. The molecule has 0 saturated heterocycles. The van der Waals surface area contributed by atoms with Crippen molar-refractivity contribution in [3.05, 3.63) is 35.6 Å². The summed E-state index contributed by atoms with van der Waals surface area (Å²) in [4.78, 5) is 11.2. The number of nitrogens with one attached hydrogen (secondary N) is 1. The van der Waals surface area contributed by atoms with Crippen LogP contribution in [0.4, 0.5) is 4.39 Å². The highest BCUT2D eigenvalue weighted by Gasteiger charge is 2.30. The molecule has 0 heterocycles. The number of esters is 1. The van der Waals surface area contributed by atoms with E-state index in [1.54, 1.807) is 6.07 Å². The van der Waals surface area contributed by atoms with Crippen LogP contribution in [-0.2, 0) is 16.1 Å². The average Bonchev–Trinajstić information content (AvgIpc) is 3.12. The maximum absolute atomic E-state index is 12.8. The summed E-state index contributed by atoms with van der Waals surface area (Å²) in [5, 5.41) is 3.10. The number of hydrogen-bond donors (Lipinski definition) is 1. The molecule has 0 amide bonds. The summed E-state index contributed by atoms with van der Waals surface area (Å²) in [5.74, 6) is -0.166. The van der Waals surface area contributed by atoms with E-state index in [0.29, 0.717) is 19.7 Å². The standard InChI is InChI=1S/C13H16FNO2/c14-12-3-1-2-10(8-12)9-15-6-7-17-13(16)11-4-5-11/h1-3,8,11,15H,4-7,9H2. The van der Waals surface area contributed by atoms with E-state index in [-0.39, 0.29) is 17.7 Å². The molecule has 2 rings (SSSR count). The van der Waals surface area contributed by atoms with Crippen molar-refractivity contribution in [2.24, 2.45) is 5.92 Å². The van der Waals surface area contributed by atoms with Gasteiger partial charge in [-0.05, 0) is 30.5 Å². The molecule has 1 aliphatic rings. The Morgan fingerprint density at radius 3 is 3.00 bits per heavy atom. The van der Waals surface area contributed by atoms with E-state index in [9.17, 15) is 9.18 Å². The van der Waals surface area contributed by atoms with Crippen molar-refractivity contribution in [3.63, 3.8) is 0 Å². The van der Waals surface area contributed by atoms with Crippen LogP contribution in [0.5, 0.6) is 0 Å². The topological polar surface area (TPSA) is 38.3 Å². The van der Waals surface area contributed by atoms with Crippen LogP contribution < -0.4 is 5.32 Å². The van der Waals surface area contributed by atoms with Gasteiger partial charge in [0, 0.05) is 13.1 Å². The summed E-state index contributed by atoms with van der Waals surface area (Å²) in [6.45, 7) is 1.55. The van der Waals surface area contributed by atoms with Gasteiger partial charge in [-0.25, -0.2) is 4.39 Å². The van der Waals surface area contributed by atoms with Crippen LogP contribution in [0, 0.1) is 11.7 Å². The summed E-state index contributed by atoms with van der Waals surface area (Å²) < 4.78 is 17.9. The first kappa shape index (κ1) is 12.0. The fourth-order valence-electron chi connectivity index (χ4n) is 1.54. The molecule has 1 saturated carbocycles. The molecule has 1 aromatic rings. The second kappa shape index (κ2) is 5.77. The lowest BCUT2D eigenvalue weighted by molar-refractivity contribution is -0.145. The van der Waals surface area contributed by atoms with Crippen LogP contribution in [0.3, 0.4) is 0 Å². The van der Waals surface area contributed by atoms with Crippen LogP contribution in [-0.4, -0.2) is 19.1 Å². The zero-order valence-electron chi connectivity index (χ0n) is 9.62. The van der Waals surface area contributed by atoms with Gasteiger partial charge in [-0.1, -0.05) is 12.1 Å². The first-order valence-corrected chi connectivity index (χ1v) is 5.87. The van der Waals surface area contributed by atoms with Crippen molar-refractivity contribution in [1.82, 2.24) is 5.32 Å². The number of carbonyl (C=O) groups excluding carboxylic acids is 1. The lowest BCUT2D eigenvalue weighted by Gasteiger charge is -2.06. The second-order valence-corrected chi connectivity index (χ2v) is 4.25. The zero-order valence-corrected chi connectivity index (χ0v) is 9.62. The molecule has 0 radical (unpaired) electrons.